The molecule has 8 nitrogen and oxygen atoms in total. The van der Waals surface area contributed by atoms with E-state index in [1.807, 2.05) is 6.92 Å². The van der Waals surface area contributed by atoms with E-state index >= 15 is 0 Å². The minimum Gasteiger partial charge on any atom is -0.408 e. The second kappa shape index (κ2) is 7.38. The summed E-state index contributed by atoms with van der Waals surface area (Å²) in [5.74, 6) is 0.0805. The molecule has 1 aliphatic rings. The molecule has 0 saturated carbocycles. The highest BCUT2D eigenvalue weighted by Crippen LogP contribution is 2.19. The van der Waals surface area contributed by atoms with Crippen molar-refractivity contribution in [1.29, 1.82) is 0 Å². The normalized spacial score (nSPS) is 17.0. The minimum atomic E-state index is -0.528. The highest BCUT2D eigenvalue weighted by atomic mass is 35.5. The van der Waals surface area contributed by atoms with Crippen molar-refractivity contribution in [3.8, 4) is 0 Å². The zero-order valence-corrected chi connectivity index (χ0v) is 13.8. The molecule has 2 rings (SSSR count). The van der Waals surface area contributed by atoms with Crippen LogP contribution in [0.4, 0.5) is 4.79 Å². The summed E-state index contributed by atoms with van der Waals surface area (Å²) >= 11 is 5.72. The van der Waals surface area contributed by atoms with E-state index in [0.29, 0.717) is 32.0 Å². The average molecular weight is 342 g/mol. The Labute approximate surface area is 139 Å². The van der Waals surface area contributed by atoms with Gasteiger partial charge in [0.1, 0.15) is 10.9 Å². The Morgan fingerprint density at radius 1 is 1.43 bits per heavy atom. The maximum Gasteiger partial charge on any atom is 0.415 e. The van der Waals surface area contributed by atoms with Gasteiger partial charge in [-0.05, 0) is 13.0 Å². The third kappa shape index (κ3) is 4.40. The molecule has 1 fully saturated rings. The molecule has 0 aliphatic carbocycles. The summed E-state index contributed by atoms with van der Waals surface area (Å²) in [6.45, 7) is 3.69. The third-order valence-electron chi connectivity index (χ3n) is 3.28. The fourth-order valence-corrected chi connectivity index (χ4v) is 2.28. The van der Waals surface area contributed by atoms with Gasteiger partial charge in [0.2, 0.25) is 0 Å². The number of aryl methyl sites for hydroxylation is 2. The number of carbonyl (C=O) groups is 1. The summed E-state index contributed by atoms with van der Waals surface area (Å²) in [6, 6.07) is 1.77. The van der Waals surface area contributed by atoms with Crippen molar-refractivity contribution in [2.24, 2.45) is 18.5 Å². The fraction of sp³-hybridized carbons (Fsp3) is 0.429. The van der Waals surface area contributed by atoms with Crippen molar-refractivity contribution in [1.82, 2.24) is 14.7 Å². The van der Waals surface area contributed by atoms with Gasteiger partial charge in [-0.25, -0.2) is 4.79 Å². The summed E-state index contributed by atoms with van der Waals surface area (Å²) in [6.07, 6.45) is 0.775. The number of nitrogens with two attached hydrogens (primary N) is 2. The highest BCUT2D eigenvalue weighted by molar-refractivity contribution is 6.29. The minimum absolute atomic E-state index is 0.0448. The van der Waals surface area contributed by atoms with Gasteiger partial charge in [-0.3, -0.25) is 4.68 Å². The molecule has 0 bridgehead atoms. The quantitative estimate of drug-likeness (QED) is 0.479. The maximum atomic E-state index is 12.2. The zero-order valence-electron chi connectivity index (χ0n) is 13.1. The van der Waals surface area contributed by atoms with Crippen LogP contribution in [0.5, 0.6) is 0 Å². The maximum absolute atomic E-state index is 12.2. The molecule has 4 N–H and O–H groups in total. The number of hydrogen-bond acceptors (Lipinski definition) is 6. The van der Waals surface area contributed by atoms with E-state index < -0.39 is 6.09 Å². The Kier molecular flexibility index (Phi) is 5.51. The van der Waals surface area contributed by atoms with Crippen LogP contribution >= 0.6 is 11.6 Å². The van der Waals surface area contributed by atoms with E-state index in [2.05, 4.69) is 5.10 Å². The van der Waals surface area contributed by atoms with Gasteiger partial charge in [0.05, 0.1) is 24.6 Å². The van der Waals surface area contributed by atoms with Crippen LogP contribution in [0.25, 0.3) is 5.70 Å². The zero-order chi connectivity index (χ0) is 17.0. The van der Waals surface area contributed by atoms with Crippen molar-refractivity contribution < 1.29 is 14.3 Å². The molecule has 0 spiro atoms. The molecule has 0 atom stereocenters. The smallest absolute Gasteiger partial charge is 0.408 e. The van der Waals surface area contributed by atoms with Gasteiger partial charge in [-0.2, -0.15) is 5.10 Å². The van der Waals surface area contributed by atoms with Gasteiger partial charge in [0, 0.05) is 26.2 Å². The molecule has 1 aromatic rings. The van der Waals surface area contributed by atoms with E-state index in [0.717, 1.165) is 5.69 Å². The summed E-state index contributed by atoms with van der Waals surface area (Å²) in [5.41, 5.74) is 13.2. The molecular formula is C14H20ClN5O3. The Balaban J connectivity index is 2.29. The SMILES string of the molecule is Cc1cc(/C(N)=C(/C=C(\N)Cl)OC(=O)N2CCOCC2)n(C)n1. The Morgan fingerprint density at radius 3 is 2.61 bits per heavy atom. The van der Waals surface area contributed by atoms with E-state index in [4.69, 9.17) is 32.5 Å². The Morgan fingerprint density at radius 2 is 2.09 bits per heavy atom. The first kappa shape index (κ1) is 17.2. The molecule has 126 valence electrons. The van der Waals surface area contributed by atoms with Crippen LogP contribution in [0.15, 0.2) is 23.1 Å². The lowest BCUT2D eigenvalue weighted by Gasteiger charge is -2.26. The summed E-state index contributed by atoms with van der Waals surface area (Å²) < 4.78 is 12.2. The molecule has 1 aliphatic heterocycles. The van der Waals surface area contributed by atoms with Crippen LogP contribution in [0, 0.1) is 6.92 Å². The molecule has 0 aromatic carbocycles. The summed E-state index contributed by atoms with van der Waals surface area (Å²) in [5, 5.41) is 4.17. The standard InChI is InChI=1S/C14H20ClN5O3/c1-9-7-10(19(2)18-9)13(17)11(8-12(15)16)23-14(21)20-3-5-22-6-4-20/h7-8H,3-6,16-17H2,1-2H3/b12-8-,13-11+. The lowest BCUT2D eigenvalue weighted by atomic mass is 10.2. The second-order valence-corrected chi connectivity index (χ2v) is 5.51. The third-order valence-corrected chi connectivity index (χ3v) is 3.39. The number of hydrogen-bond donors (Lipinski definition) is 2. The van der Waals surface area contributed by atoms with Crippen molar-refractivity contribution in [3.05, 3.63) is 34.4 Å². The van der Waals surface area contributed by atoms with Crippen LogP contribution in [0.2, 0.25) is 0 Å². The van der Waals surface area contributed by atoms with E-state index in [-0.39, 0.29) is 16.6 Å². The Hall–Kier alpha value is -2.19. The molecule has 1 aromatic heterocycles. The first-order valence-corrected chi connectivity index (χ1v) is 7.44. The van der Waals surface area contributed by atoms with Crippen LogP contribution in [-0.2, 0) is 16.5 Å². The predicted molar refractivity (Wildman–Crippen MR) is 86.0 cm³/mol. The topological polar surface area (TPSA) is 109 Å². The van der Waals surface area contributed by atoms with Crippen molar-refractivity contribution in [3.63, 3.8) is 0 Å². The average Bonchev–Trinajstić information content (AvgIpc) is 2.85. The van der Waals surface area contributed by atoms with Gasteiger partial charge < -0.3 is 25.8 Å². The number of nitrogens with zero attached hydrogens (tertiary/aromatic N) is 3. The van der Waals surface area contributed by atoms with Gasteiger partial charge in [0.15, 0.2) is 5.76 Å². The molecule has 23 heavy (non-hydrogen) atoms. The van der Waals surface area contributed by atoms with Gasteiger partial charge >= 0.3 is 6.09 Å². The van der Waals surface area contributed by atoms with Crippen LogP contribution < -0.4 is 11.5 Å². The molecule has 2 heterocycles. The first-order chi connectivity index (χ1) is 10.9. The van der Waals surface area contributed by atoms with Crippen molar-refractivity contribution in [2.45, 2.75) is 6.92 Å². The van der Waals surface area contributed by atoms with Crippen LogP contribution in [0.1, 0.15) is 11.4 Å². The van der Waals surface area contributed by atoms with E-state index in [1.54, 1.807) is 17.8 Å². The molecule has 1 amide bonds. The molecular weight excluding hydrogens is 322 g/mol. The second-order valence-electron chi connectivity index (χ2n) is 5.07. The van der Waals surface area contributed by atoms with Crippen LogP contribution in [-0.4, -0.2) is 47.1 Å². The molecule has 9 heteroatoms. The highest BCUT2D eigenvalue weighted by Gasteiger charge is 2.21. The number of aromatic nitrogens is 2. The largest absolute Gasteiger partial charge is 0.415 e. The van der Waals surface area contributed by atoms with Crippen molar-refractivity contribution >= 4 is 23.4 Å². The monoisotopic (exact) mass is 341 g/mol. The molecule has 0 unspecified atom stereocenters. The predicted octanol–water partition coefficient (Wildman–Crippen LogP) is 0.864. The summed E-state index contributed by atoms with van der Waals surface area (Å²) in [4.78, 5) is 13.8. The number of amides is 1. The Bertz CT molecular complexity index is 643. The number of rotatable bonds is 3. The fourth-order valence-electron chi connectivity index (χ4n) is 2.18. The van der Waals surface area contributed by atoms with E-state index in [1.165, 1.54) is 11.0 Å². The van der Waals surface area contributed by atoms with E-state index in [9.17, 15) is 4.79 Å². The molecule has 0 radical (unpaired) electrons. The first-order valence-electron chi connectivity index (χ1n) is 7.06. The number of halogens is 1. The van der Waals surface area contributed by atoms with Gasteiger partial charge in [-0.1, -0.05) is 11.6 Å². The van der Waals surface area contributed by atoms with Gasteiger partial charge in [0.25, 0.3) is 0 Å². The van der Waals surface area contributed by atoms with Gasteiger partial charge in [-0.15, -0.1) is 0 Å². The number of carbonyl (C=O) groups excluding carboxylic acids is 1. The van der Waals surface area contributed by atoms with Crippen molar-refractivity contribution in [2.75, 3.05) is 26.3 Å². The summed E-state index contributed by atoms with van der Waals surface area (Å²) in [7, 11) is 1.74. The lowest BCUT2D eigenvalue weighted by Crippen LogP contribution is -2.41. The number of ether oxygens (including phenoxy) is 2. The van der Waals surface area contributed by atoms with Crippen LogP contribution in [0.3, 0.4) is 0 Å². The number of allylic oxidation sites excluding steroid dienone is 1. The molecule has 1 saturated heterocycles. The lowest BCUT2D eigenvalue weighted by molar-refractivity contribution is 0.0358. The number of morpholine rings is 1.